The van der Waals surface area contributed by atoms with Crippen LogP contribution in [0.3, 0.4) is 0 Å². The van der Waals surface area contributed by atoms with Crippen molar-refractivity contribution in [1.82, 2.24) is 9.55 Å². The monoisotopic (exact) mass is 422 g/mol. The second-order valence-corrected chi connectivity index (χ2v) is 8.69. The lowest BCUT2D eigenvalue weighted by Gasteiger charge is -2.26. The predicted molar refractivity (Wildman–Crippen MR) is 116 cm³/mol. The van der Waals surface area contributed by atoms with Crippen molar-refractivity contribution in [1.29, 1.82) is 0 Å². The molecular formula is C24H23FN2O4. The van der Waals surface area contributed by atoms with Crippen LogP contribution < -0.4 is 16.0 Å². The first kappa shape index (κ1) is 20.8. The number of hydrogen-bond donors (Lipinski definition) is 1. The third-order valence-electron chi connectivity index (χ3n) is 5.61. The number of nitrogens with one attached hydrogen (secondary N) is 1. The van der Waals surface area contributed by atoms with Crippen LogP contribution in [0.4, 0.5) is 4.39 Å². The van der Waals surface area contributed by atoms with Gasteiger partial charge in [-0.15, -0.1) is 0 Å². The van der Waals surface area contributed by atoms with Crippen molar-refractivity contribution in [2.75, 3.05) is 7.11 Å². The normalized spacial score (nSPS) is 13.4. The molecule has 1 aliphatic rings. The SMILES string of the molecule is COc1c(C(C)(C)C)cc(-n2ccc(=O)[nH]c2=O)c(F)c1-c1ccc2c(c1)CCC2=O. The molecule has 160 valence electrons. The van der Waals surface area contributed by atoms with Crippen LogP contribution in [0.2, 0.25) is 0 Å². The van der Waals surface area contributed by atoms with Gasteiger partial charge in [0, 0.05) is 29.8 Å². The topological polar surface area (TPSA) is 81.2 Å². The number of benzene rings is 2. The molecule has 0 spiro atoms. The number of aryl methyl sites for hydroxylation is 1. The minimum Gasteiger partial charge on any atom is -0.496 e. The summed E-state index contributed by atoms with van der Waals surface area (Å²) in [7, 11) is 1.48. The summed E-state index contributed by atoms with van der Waals surface area (Å²) in [5, 5.41) is 0. The molecule has 1 aromatic heterocycles. The van der Waals surface area contributed by atoms with Gasteiger partial charge in [-0.3, -0.25) is 19.1 Å². The van der Waals surface area contributed by atoms with Crippen molar-refractivity contribution >= 4 is 5.78 Å². The Bertz CT molecular complexity index is 1330. The minimum atomic E-state index is -0.734. The molecule has 0 atom stereocenters. The molecule has 0 fully saturated rings. The molecule has 2 aromatic carbocycles. The molecular weight excluding hydrogens is 399 g/mol. The first-order valence-electron chi connectivity index (χ1n) is 10.0. The number of fused-ring (bicyclic) bond motifs is 1. The van der Waals surface area contributed by atoms with Crippen LogP contribution in [0.5, 0.6) is 5.75 Å². The van der Waals surface area contributed by atoms with Gasteiger partial charge in [0.05, 0.1) is 18.4 Å². The molecule has 1 N–H and O–H groups in total. The maximum atomic E-state index is 16.0. The van der Waals surface area contributed by atoms with E-state index in [1.807, 2.05) is 26.8 Å². The largest absolute Gasteiger partial charge is 0.496 e. The first-order valence-corrected chi connectivity index (χ1v) is 10.0. The summed E-state index contributed by atoms with van der Waals surface area (Å²) in [6, 6.07) is 7.98. The summed E-state index contributed by atoms with van der Waals surface area (Å²) in [6.45, 7) is 5.90. The van der Waals surface area contributed by atoms with E-state index in [2.05, 4.69) is 4.98 Å². The van der Waals surface area contributed by atoms with Gasteiger partial charge in [-0.05, 0) is 29.0 Å². The van der Waals surface area contributed by atoms with Crippen LogP contribution in [-0.4, -0.2) is 22.4 Å². The van der Waals surface area contributed by atoms with Gasteiger partial charge in [0.2, 0.25) is 0 Å². The Hall–Kier alpha value is -3.48. The number of H-pyrrole nitrogens is 1. The van der Waals surface area contributed by atoms with Gasteiger partial charge >= 0.3 is 5.69 Å². The number of ether oxygens (including phenoxy) is 1. The highest BCUT2D eigenvalue weighted by molar-refractivity contribution is 6.01. The third kappa shape index (κ3) is 3.50. The van der Waals surface area contributed by atoms with Gasteiger partial charge in [0.25, 0.3) is 5.56 Å². The molecule has 1 heterocycles. The number of halogens is 1. The second kappa shape index (κ2) is 7.34. The van der Waals surface area contributed by atoms with E-state index in [1.54, 1.807) is 18.2 Å². The maximum absolute atomic E-state index is 16.0. The molecule has 0 amide bonds. The van der Waals surface area contributed by atoms with Crippen molar-refractivity contribution in [2.45, 2.75) is 39.0 Å². The summed E-state index contributed by atoms with van der Waals surface area (Å²) in [5.41, 5.74) is 1.30. The van der Waals surface area contributed by atoms with E-state index in [9.17, 15) is 14.4 Å². The zero-order valence-corrected chi connectivity index (χ0v) is 17.8. The molecule has 6 nitrogen and oxygen atoms in total. The number of aromatic nitrogens is 2. The standard InChI is InChI=1S/C24H23FN2O4/c1-24(2,3)16-12-17(27-10-9-19(29)26-23(27)30)21(25)20(22(16)31-4)14-5-7-15-13(11-14)6-8-18(15)28/h5,7,9-12H,6,8H2,1-4H3,(H,26,29,30). The summed E-state index contributed by atoms with van der Waals surface area (Å²) in [6.07, 6.45) is 2.30. The average Bonchev–Trinajstić information content (AvgIpc) is 3.07. The molecule has 31 heavy (non-hydrogen) atoms. The molecule has 0 aliphatic heterocycles. The fourth-order valence-electron chi connectivity index (χ4n) is 4.05. The average molecular weight is 422 g/mol. The number of methoxy groups -OCH3 is 1. The fourth-order valence-corrected chi connectivity index (χ4v) is 4.05. The van der Waals surface area contributed by atoms with Gasteiger partial charge in [0.1, 0.15) is 5.75 Å². The van der Waals surface area contributed by atoms with Gasteiger partial charge in [0.15, 0.2) is 11.6 Å². The number of rotatable bonds is 3. The Morgan fingerprint density at radius 3 is 2.45 bits per heavy atom. The van der Waals surface area contributed by atoms with E-state index in [0.29, 0.717) is 35.3 Å². The molecule has 0 unspecified atom stereocenters. The van der Waals surface area contributed by atoms with E-state index in [1.165, 1.54) is 19.4 Å². The maximum Gasteiger partial charge on any atom is 0.333 e. The zero-order chi connectivity index (χ0) is 22.5. The molecule has 3 aromatic rings. The van der Waals surface area contributed by atoms with Crippen LogP contribution in [0, 0.1) is 5.82 Å². The van der Waals surface area contributed by atoms with Gasteiger partial charge in [-0.2, -0.15) is 0 Å². The second-order valence-electron chi connectivity index (χ2n) is 8.69. The molecule has 0 bridgehead atoms. The zero-order valence-electron chi connectivity index (χ0n) is 17.8. The Morgan fingerprint density at radius 1 is 1.06 bits per heavy atom. The molecule has 7 heteroatoms. The van der Waals surface area contributed by atoms with E-state index in [-0.39, 0.29) is 17.0 Å². The number of hydrogen-bond acceptors (Lipinski definition) is 4. The minimum absolute atomic E-state index is 0.0125. The molecule has 0 radical (unpaired) electrons. The predicted octanol–water partition coefficient (Wildman–Crippen LogP) is 3.77. The Kier molecular flexibility index (Phi) is 4.92. The highest BCUT2D eigenvalue weighted by Gasteiger charge is 2.29. The van der Waals surface area contributed by atoms with Crippen molar-refractivity contribution in [2.24, 2.45) is 0 Å². The number of aromatic amines is 1. The molecule has 0 saturated heterocycles. The van der Waals surface area contributed by atoms with Gasteiger partial charge in [-0.1, -0.05) is 39.0 Å². The highest BCUT2D eigenvalue weighted by Crippen LogP contribution is 2.44. The van der Waals surface area contributed by atoms with Crippen LogP contribution in [0.25, 0.3) is 16.8 Å². The van der Waals surface area contributed by atoms with E-state index < -0.39 is 22.5 Å². The number of ketones is 1. The van der Waals surface area contributed by atoms with Gasteiger partial charge in [-0.25, -0.2) is 9.18 Å². The lowest BCUT2D eigenvalue weighted by molar-refractivity contribution is 0.0994. The Balaban J connectivity index is 2.08. The van der Waals surface area contributed by atoms with E-state index in [4.69, 9.17) is 4.74 Å². The highest BCUT2D eigenvalue weighted by atomic mass is 19.1. The van der Waals surface area contributed by atoms with Crippen molar-refractivity contribution in [3.05, 3.63) is 79.9 Å². The molecule has 0 saturated carbocycles. The number of carbonyl (C=O) groups is 1. The first-order chi connectivity index (χ1) is 14.6. The number of nitrogens with zero attached hydrogens (tertiary/aromatic N) is 1. The molecule has 1 aliphatic carbocycles. The summed E-state index contributed by atoms with van der Waals surface area (Å²) >= 11 is 0. The number of Topliss-reactive ketones (excluding diaryl/α,β-unsaturated/α-hetero) is 1. The Morgan fingerprint density at radius 2 is 1.81 bits per heavy atom. The molecule has 4 rings (SSSR count). The van der Waals surface area contributed by atoms with Crippen LogP contribution in [-0.2, 0) is 11.8 Å². The van der Waals surface area contributed by atoms with E-state index in [0.717, 1.165) is 10.1 Å². The van der Waals surface area contributed by atoms with Crippen LogP contribution in [0.1, 0.15) is 48.7 Å². The van der Waals surface area contributed by atoms with Gasteiger partial charge < -0.3 is 4.74 Å². The summed E-state index contributed by atoms with van der Waals surface area (Å²) < 4.78 is 22.7. The van der Waals surface area contributed by atoms with Crippen molar-refractivity contribution < 1.29 is 13.9 Å². The quantitative estimate of drug-likeness (QED) is 0.697. The van der Waals surface area contributed by atoms with Crippen molar-refractivity contribution in [3.63, 3.8) is 0 Å². The lowest BCUT2D eigenvalue weighted by Crippen LogP contribution is -2.28. The fraction of sp³-hybridized carbons (Fsp3) is 0.292. The third-order valence-corrected chi connectivity index (χ3v) is 5.61. The summed E-state index contributed by atoms with van der Waals surface area (Å²) in [5.74, 6) is -0.198. The van der Waals surface area contributed by atoms with Crippen molar-refractivity contribution in [3.8, 4) is 22.6 Å². The smallest absolute Gasteiger partial charge is 0.333 e. The lowest BCUT2D eigenvalue weighted by atomic mass is 9.83. The number of carbonyl (C=O) groups excluding carboxylic acids is 1. The van der Waals surface area contributed by atoms with Crippen LogP contribution in [0.15, 0.2) is 46.1 Å². The Labute approximate surface area is 178 Å². The van der Waals surface area contributed by atoms with E-state index >= 15 is 4.39 Å². The van der Waals surface area contributed by atoms with Crippen LogP contribution >= 0.6 is 0 Å². The summed E-state index contributed by atoms with van der Waals surface area (Å²) in [4.78, 5) is 38.1.